The number of halogens is 1. The lowest BCUT2D eigenvalue weighted by Gasteiger charge is -2.24. The molecule has 10 nitrogen and oxygen atoms in total. The highest BCUT2D eigenvalue weighted by Gasteiger charge is 2.24. The van der Waals surface area contributed by atoms with E-state index in [1.165, 1.54) is 23.2 Å². The van der Waals surface area contributed by atoms with Crippen molar-refractivity contribution in [1.82, 2.24) is 24.0 Å². The lowest BCUT2D eigenvalue weighted by molar-refractivity contribution is -0.122. The van der Waals surface area contributed by atoms with Gasteiger partial charge in [0.25, 0.3) is 5.56 Å². The number of imidazole rings is 1. The molecule has 0 unspecified atom stereocenters. The van der Waals surface area contributed by atoms with Crippen LogP contribution in [0.3, 0.4) is 0 Å². The third-order valence-corrected chi connectivity index (χ3v) is 6.01. The maximum Gasteiger partial charge on any atom is 0.332 e. The molecular formula is C22H26ClN5O5. The molecule has 33 heavy (non-hydrogen) atoms. The van der Waals surface area contributed by atoms with E-state index in [-0.39, 0.29) is 40.9 Å². The number of aryl methyl sites for hydroxylation is 1. The Labute approximate surface area is 194 Å². The molecule has 3 heterocycles. The predicted molar refractivity (Wildman–Crippen MR) is 123 cm³/mol. The smallest absolute Gasteiger partial charge is 0.332 e. The Morgan fingerprint density at radius 1 is 1.15 bits per heavy atom. The molecule has 1 amide bonds. The molecule has 4 rings (SSSR count). The van der Waals surface area contributed by atoms with Crippen LogP contribution in [0.2, 0.25) is 5.28 Å². The van der Waals surface area contributed by atoms with Crippen molar-refractivity contribution in [1.29, 1.82) is 0 Å². The molecule has 176 valence electrons. The minimum Gasteiger partial charge on any atom is -0.490 e. The van der Waals surface area contributed by atoms with Gasteiger partial charge in [0.05, 0.1) is 19.3 Å². The molecule has 1 aliphatic rings. The maximum absolute atomic E-state index is 13.0. The summed E-state index contributed by atoms with van der Waals surface area (Å²) in [6.45, 7) is 4.94. The summed E-state index contributed by atoms with van der Waals surface area (Å²) >= 11 is 6.25. The van der Waals surface area contributed by atoms with Gasteiger partial charge in [0.2, 0.25) is 11.2 Å². The number of ether oxygens (including phenoxy) is 2. The summed E-state index contributed by atoms with van der Waals surface area (Å²) in [5.41, 5.74) is 0.0132. The van der Waals surface area contributed by atoms with Gasteiger partial charge in [-0.1, -0.05) is 19.9 Å². The van der Waals surface area contributed by atoms with Gasteiger partial charge in [-0.05, 0) is 35.2 Å². The molecule has 3 aromatic rings. The molecule has 1 aliphatic heterocycles. The summed E-state index contributed by atoms with van der Waals surface area (Å²) in [6, 6.07) is 5.33. The number of amides is 1. The van der Waals surface area contributed by atoms with E-state index >= 15 is 0 Å². The Morgan fingerprint density at radius 3 is 2.55 bits per heavy atom. The van der Waals surface area contributed by atoms with Crippen LogP contribution in [0.25, 0.3) is 11.2 Å². The number of aromatic nitrogens is 4. The molecule has 1 atom stereocenters. The summed E-state index contributed by atoms with van der Waals surface area (Å²) in [5.74, 6) is 1.06. The Kier molecular flexibility index (Phi) is 6.20. The fraction of sp³-hybridized carbons (Fsp3) is 0.455. The van der Waals surface area contributed by atoms with Crippen molar-refractivity contribution < 1.29 is 14.3 Å². The number of hydrogen-bond acceptors (Lipinski definition) is 6. The van der Waals surface area contributed by atoms with E-state index in [2.05, 4.69) is 10.3 Å². The fourth-order valence-electron chi connectivity index (χ4n) is 3.94. The third kappa shape index (κ3) is 4.22. The zero-order chi connectivity index (χ0) is 23.9. The van der Waals surface area contributed by atoms with Gasteiger partial charge >= 0.3 is 5.69 Å². The second-order valence-electron chi connectivity index (χ2n) is 8.39. The highest BCUT2D eigenvalue weighted by molar-refractivity contribution is 6.29. The average molecular weight is 476 g/mol. The van der Waals surface area contributed by atoms with Crippen molar-refractivity contribution in [3.63, 3.8) is 0 Å². The van der Waals surface area contributed by atoms with E-state index in [0.29, 0.717) is 24.7 Å². The number of carbonyl (C=O) groups excluding carboxylic acids is 1. The molecule has 11 heteroatoms. The first-order chi connectivity index (χ1) is 15.7. The first kappa shape index (κ1) is 22.9. The van der Waals surface area contributed by atoms with Crippen molar-refractivity contribution in [3.05, 3.63) is 49.9 Å². The molecule has 0 spiro atoms. The lowest BCUT2D eigenvalue weighted by Crippen LogP contribution is -2.38. The van der Waals surface area contributed by atoms with Crippen molar-refractivity contribution in [3.8, 4) is 11.5 Å². The molecule has 0 saturated heterocycles. The van der Waals surface area contributed by atoms with E-state index in [9.17, 15) is 14.4 Å². The number of nitrogens with one attached hydrogen (secondary N) is 1. The van der Waals surface area contributed by atoms with Gasteiger partial charge in [0.15, 0.2) is 22.7 Å². The number of rotatable bonds is 5. The third-order valence-electron chi connectivity index (χ3n) is 5.72. The summed E-state index contributed by atoms with van der Waals surface area (Å²) in [4.78, 5) is 42.0. The van der Waals surface area contributed by atoms with Crippen molar-refractivity contribution in [2.45, 2.75) is 32.9 Å². The fourth-order valence-corrected chi connectivity index (χ4v) is 4.16. The number of benzene rings is 1. The largest absolute Gasteiger partial charge is 0.490 e. The Morgan fingerprint density at radius 2 is 1.85 bits per heavy atom. The Bertz CT molecular complexity index is 1340. The summed E-state index contributed by atoms with van der Waals surface area (Å²) in [7, 11) is 2.87. The van der Waals surface area contributed by atoms with E-state index in [1.807, 2.05) is 32.0 Å². The van der Waals surface area contributed by atoms with Gasteiger partial charge in [-0.15, -0.1) is 0 Å². The summed E-state index contributed by atoms with van der Waals surface area (Å²) in [6.07, 6.45) is 0.805. The number of carbonyl (C=O) groups is 1. The monoisotopic (exact) mass is 475 g/mol. The Balaban J connectivity index is 1.63. The van der Waals surface area contributed by atoms with Crippen LogP contribution in [0, 0.1) is 5.92 Å². The molecule has 0 saturated carbocycles. The standard InChI is InChI=1S/C22H26ClN5O5/c1-12(2)17(13-6-7-14-15(10-13)33-9-5-8-32-14)24-16(29)11-28-18-19(25-21(28)23)26(3)22(31)27(4)20(18)30/h6-7,10,12,17H,5,8-9,11H2,1-4H3,(H,24,29)/t17-/m1/s1. The second-order valence-corrected chi connectivity index (χ2v) is 8.73. The van der Waals surface area contributed by atoms with Crippen LogP contribution in [-0.4, -0.2) is 37.8 Å². The van der Waals surface area contributed by atoms with Crippen molar-refractivity contribution >= 4 is 28.7 Å². The van der Waals surface area contributed by atoms with Crippen LogP contribution >= 0.6 is 11.6 Å². The Hall–Kier alpha value is -3.27. The molecule has 2 aromatic heterocycles. The maximum atomic E-state index is 13.0. The van der Waals surface area contributed by atoms with Gasteiger partial charge < -0.3 is 14.8 Å². The van der Waals surface area contributed by atoms with Crippen molar-refractivity contribution in [2.24, 2.45) is 20.0 Å². The second kappa shape index (κ2) is 8.93. The van der Waals surface area contributed by atoms with Gasteiger partial charge in [0.1, 0.15) is 6.54 Å². The average Bonchev–Trinajstić information content (AvgIpc) is 2.95. The minimum absolute atomic E-state index is 0.0462. The number of fused-ring (bicyclic) bond motifs is 2. The van der Waals surface area contributed by atoms with Crippen LogP contribution in [0.15, 0.2) is 27.8 Å². The van der Waals surface area contributed by atoms with E-state index in [4.69, 9.17) is 21.1 Å². The summed E-state index contributed by atoms with van der Waals surface area (Å²) in [5, 5.41) is 2.98. The highest BCUT2D eigenvalue weighted by Crippen LogP contribution is 2.34. The van der Waals surface area contributed by atoms with Crippen LogP contribution in [0.4, 0.5) is 0 Å². The van der Waals surface area contributed by atoms with Gasteiger partial charge in [0, 0.05) is 20.5 Å². The predicted octanol–water partition coefficient (Wildman–Crippen LogP) is 1.76. The minimum atomic E-state index is -0.566. The molecule has 0 fully saturated rings. The quantitative estimate of drug-likeness (QED) is 0.563. The van der Waals surface area contributed by atoms with Gasteiger partial charge in [-0.3, -0.25) is 23.3 Å². The van der Waals surface area contributed by atoms with Crippen LogP contribution in [-0.2, 0) is 25.4 Å². The first-order valence-electron chi connectivity index (χ1n) is 10.7. The number of nitrogens with zero attached hydrogens (tertiary/aromatic N) is 4. The zero-order valence-electron chi connectivity index (χ0n) is 18.9. The van der Waals surface area contributed by atoms with Crippen LogP contribution in [0.5, 0.6) is 11.5 Å². The molecule has 1 N–H and O–H groups in total. The molecular weight excluding hydrogens is 450 g/mol. The van der Waals surface area contributed by atoms with E-state index in [0.717, 1.165) is 16.6 Å². The molecule has 0 aliphatic carbocycles. The number of hydrogen-bond donors (Lipinski definition) is 1. The molecule has 0 radical (unpaired) electrons. The SMILES string of the molecule is CC(C)[C@@H](NC(=O)Cn1c(Cl)nc2c1c(=O)n(C)c(=O)n2C)c1ccc2c(c1)OCCCO2. The topological polar surface area (TPSA) is 109 Å². The molecule has 0 bridgehead atoms. The normalized spacial score (nSPS) is 14.4. The van der Waals surface area contributed by atoms with Gasteiger partial charge in [-0.25, -0.2) is 4.79 Å². The van der Waals surface area contributed by atoms with E-state index in [1.54, 1.807) is 0 Å². The lowest BCUT2D eigenvalue weighted by atomic mass is 9.95. The highest BCUT2D eigenvalue weighted by atomic mass is 35.5. The first-order valence-corrected chi connectivity index (χ1v) is 11.1. The van der Waals surface area contributed by atoms with Gasteiger partial charge in [-0.2, -0.15) is 4.98 Å². The van der Waals surface area contributed by atoms with Crippen LogP contribution in [0.1, 0.15) is 31.9 Å². The van der Waals surface area contributed by atoms with Crippen molar-refractivity contribution in [2.75, 3.05) is 13.2 Å². The van der Waals surface area contributed by atoms with Crippen LogP contribution < -0.4 is 26.0 Å². The zero-order valence-corrected chi connectivity index (χ0v) is 19.7. The molecule has 1 aromatic carbocycles. The van der Waals surface area contributed by atoms with E-state index < -0.39 is 11.2 Å². The summed E-state index contributed by atoms with van der Waals surface area (Å²) < 4.78 is 15.0.